The van der Waals surface area contributed by atoms with E-state index < -0.39 is 0 Å². The predicted molar refractivity (Wildman–Crippen MR) is 88.5 cm³/mol. The Morgan fingerprint density at radius 2 is 2.05 bits per heavy atom. The van der Waals surface area contributed by atoms with Crippen molar-refractivity contribution in [1.29, 1.82) is 0 Å². The number of fused-ring (bicyclic) bond motifs is 3. The molecule has 1 aliphatic heterocycles. The lowest BCUT2D eigenvalue weighted by Crippen LogP contribution is -2.26. The largest absolute Gasteiger partial charge is 0.302 e. The first kappa shape index (κ1) is 13.1. The van der Waals surface area contributed by atoms with Gasteiger partial charge in [0, 0.05) is 54.6 Å². The summed E-state index contributed by atoms with van der Waals surface area (Å²) in [6.07, 6.45) is 4.62. The molecule has 3 heteroatoms. The van der Waals surface area contributed by atoms with Crippen molar-refractivity contribution in [2.24, 2.45) is 0 Å². The summed E-state index contributed by atoms with van der Waals surface area (Å²) >= 11 is 0. The molecule has 0 spiro atoms. The average molecular weight is 287 g/mol. The van der Waals surface area contributed by atoms with Gasteiger partial charge in [-0.15, -0.1) is 0 Å². The minimum Gasteiger partial charge on any atom is -0.302 e. The standard InChI is InChI=1S/C19H17N3/c1-21-11-9-19-17(14-21)16-6-2-3-7-18(16)22(19)12-8-15-5-4-10-20-13-15/h2-7,10,13H,9,11,14H2,1H3. The molecule has 3 nitrogen and oxygen atoms in total. The lowest BCUT2D eigenvalue weighted by atomic mass is 10.1. The van der Waals surface area contributed by atoms with Crippen molar-refractivity contribution in [2.45, 2.75) is 13.0 Å². The third kappa shape index (κ3) is 2.18. The fourth-order valence-corrected chi connectivity index (χ4v) is 3.13. The number of hydrogen-bond donors (Lipinski definition) is 0. The number of aromatic nitrogens is 2. The lowest BCUT2D eigenvalue weighted by molar-refractivity contribution is 0.311. The molecule has 3 aromatic rings. The van der Waals surface area contributed by atoms with Gasteiger partial charge < -0.3 is 4.90 Å². The quantitative estimate of drug-likeness (QED) is 0.593. The summed E-state index contributed by atoms with van der Waals surface area (Å²) in [7, 11) is 2.18. The van der Waals surface area contributed by atoms with Crippen LogP contribution < -0.4 is 0 Å². The average Bonchev–Trinajstić information content (AvgIpc) is 2.87. The highest BCUT2D eigenvalue weighted by molar-refractivity contribution is 5.86. The minimum absolute atomic E-state index is 0.946. The monoisotopic (exact) mass is 287 g/mol. The molecule has 3 heterocycles. The second-order valence-electron chi connectivity index (χ2n) is 5.74. The molecule has 0 saturated heterocycles. The first-order chi connectivity index (χ1) is 10.8. The fraction of sp³-hybridized carbons (Fsp3) is 0.211. The maximum Gasteiger partial charge on any atom is 0.0618 e. The Balaban J connectivity index is 1.89. The third-order valence-corrected chi connectivity index (χ3v) is 4.22. The highest BCUT2D eigenvalue weighted by Crippen LogP contribution is 2.29. The molecule has 0 saturated carbocycles. The summed E-state index contributed by atoms with van der Waals surface area (Å²) in [5, 5.41) is 1.32. The highest BCUT2D eigenvalue weighted by atomic mass is 15.1. The van der Waals surface area contributed by atoms with Crippen molar-refractivity contribution < 1.29 is 0 Å². The molecule has 1 aliphatic rings. The van der Waals surface area contributed by atoms with Gasteiger partial charge in [-0.25, -0.2) is 0 Å². The van der Waals surface area contributed by atoms with Crippen molar-refractivity contribution in [3.8, 4) is 12.0 Å². The molecule has 0 unspecified atom stereocenters. The van der Waals surface area contributed by atoms with Crippen molar-refractivity contribution in [3.05, 3.63) is 65.6 Å². The second kappa shape index (κ2) is 5.32. The molecule has 0 amide bonds. The molecule has 0 atom stereocenters. The van der Waals surface area contributed by atoms with Gasteiger partial charge in [-0.2, -0.15) is 0 Å². The summed E-state index contributed by atoms with van der Waals surface area (Å²) in [6.45, 7) is 2.08. The van der Waals surface area contributed by atoms with Gasteiger partial charge in [0.05, 0.1) is 5.52 Å². The lowest BCUT2D eigenvalue weighted by Gasteiger charge is -2.23. The van der Waals surface area contributed by atoms with E-state index in [1.54, 1.807) is 12.4 Å². The second-order valence-corrected chi connectivity index (χ2v) is 5.74. The van der Waals surface area contributed by atoms with Crippen LogP contribution in [0.25, 0.3) is 10.9 Å². The van der Waals surface area contributed by atoms with E-state index in [2.05, 4.69) is 57.7 Å². The Kier molecular flexibility index (Phi) is 3.17. The van der Waals surface area contributed by atoms with Gasteiger partial charge in [0.1, 0.15) is 0 Å². The van der Waals surface area contributed by atoms with Crippen LogP contribution in [0.2, 0.25) is 0 Å². The van der Waals surface area contributed by atoms with Crippen LogP contribution in [0.5, 0.6) is 0 Å². The summed E-state index contributed by atoms with van der Waals surface area (Å²) < 4.78 is 2.17. The Bertz CT molecular complexity index is 881. The maximum atomic E-state index is 4.13. The number of likely N-dealkylation sites (N-methyl/N-ethyl adjacent to an activating group) is 1. The van der Waals surface area contributed by atoms with Crippen LogP contribution in [-0.4, -0.2) is 28.0 Å². The van der Waals surface area contributed by atoms with Crippen LogP contribution >= 0.6 is 0 Å². The zero-order chi connectivity index (χ0) is 14.9. The van der Waals surface area contributed by atoms with Gasteiger partial charge in [-0.05, 0) is 36.7 Å². The zero-order valence-corrected chi connectivity index (χ0v) is 12.6. The van der Waals surface area contributed by atoms with E-state index in [4.69, 9.17) is 0 Å². The molecular weight excluding hydrogens is 270 g/mol. The molecule has 0 aliphatic carbocycles. The summed E-state index contributed by atoms with van der Waals surface area (Å²) in [5.74, 6) is 3.24. The van der Waals surface area contributed by atoms with E-state index in [0.717, 1.165) is 25.1 Å². The van der Waals surface area contributed by atoms with E-state index in [0.29, 0.717) is 0 Å². The molecule has 2 aromatic heterocycles. The first-order valence-corrected chi connectivity index (χ1v) is 7.55. The predicted octanol–water partition coefficient (Wildman–Crippen LogP) is 2.88. The van der Waals surface area contributed by atoms with Gasteiger partial charge in [0.15, 0.2) is 0 Å². The molecule has 108 valence electrons. The van der Waals surface area contributed by atoms with Crippen LogP contribution in [-0.2, 0) is 13.0 Å². The molecule has 0 fully saturated rings. The van der Waals surface area contributed by atoms with E-state index in [-0.39, 0.29) is 0 Å². The first-order valence-electron chi connectivity index (χ1n) is 7.55. The van der Waals surface area contributed by atoms with E-state index in [9.17, 15) is 0 Å². The Hall–Kier alpha value is -2.57. The normalized spacial score (nSPS) is 14.4. The van der Waals surface area contributed by atoms with E-state index in [1.807, 2.05) is 12.1 Å². The molecule has 22 heavy (non-hydrogen) atoms. The summed E-state index contributed by atoms with van der Waals surface area (Å²) in [4.78, 5) is 6.49. The zero-order valence-electron chi connectivity index (χ0n) is 12.6. The maximum absolute atomic E-state index is 4.13. The SMILES string of the molecule is CN1CCc2c(c3ccccc3n2C#Cc2cccnc2)C1. The Morgan fingerprint density at radius 1 is 1.14 bits per heavy atom. The van der Waals surface area contributed by atoms with Crippen LogP contribution in [0.15, 0.2) is 48.8 Å². The minimum atomic E-state index is 0.946. The van der Waals surface area contributed by atoms with E-state index in [1.165, 1.54) is 22.2 Å². The number of benzene rings is 1. The number of pyridine rings is 1. The van der Waals surface area contributed by atoms with Gasteiger partial charge >= 0.3 is 0 Å². The molecule has 0 N–H and O–H groups in total. The Morgan fingerprint density at radius 3 is 2.91 bits per heavy atom. The fourth-order valence-electron chi connectivity index (χ4n) is 3.13. The van der Waals surface area contributed by atoms with Crippen molar-refractivity contribution in [3.63, 3.8) is 0 Å². The number of hydrogen-bond acceptors (Lipinski definition) is 2. The number of nitrogens with zero attached hydrogens (tertiary/aromatic N) is 3. The van der Waals surface area contributed by atoms with Crippen LogP contribution in [0.3, 0.4) is 0 Å². The molecule has 1 aromatic carbocycles. The van der Waals surface area contributed by atoms with Gasteiger partial charge in [-0.3, -0.25) is 9.55 Å². The van der Waals surface area contributed by atoms with Crippen LogP contribution in [0.1, 0.15) is 16.8 Å². The molecule has 0 bridgehead atoms. The number of rotatable bonds is 0. The molecular formula is C19H17N3. The highest BCUT2D eigenvalue weighted by Gasteiger charge is 2.21. The summed E-state index contributed by atoms with van der Waals surface area (Å²) in [5.41, 5.74) is 4.93. The Labute approximate surface area is 130 Å². The van der Waals surface area contributed by atoms with Gasteiger partial charge in [-0.1, -0.05) is 18.2 Å². The topological polar surface area (TPSA) is 21.1 Å². The van der Waals surface area contributed by atoms with Gasteiger partial charge in [0.25, 0.3) is 0 Å². The number of para-hydroxylation sites is 1. The summed E-state index contributed by atoms with van der Waals surface area (Å²) in [6, 6.07) is 15.8. The van der Waals surface area contributed by atoms with Crippen LogP contribution in [0, 0.1) is 12.0 Å². The third-order valence-electron chi connectivity index (χ3n) is 4.22. The van der Waals surface area contributed by atoms with Crippen LogP contribution in [0.4, 0.5) is 0 Å². The molecule has 4 rings (SSSR count). The van der Waals surface area contributed by atoms with Crippen molar-refractivity contribution in [1.82, 2.24) is 14.5 Å². The van der Waals surface area contributed by atoms with Crippen molar-refractivity contribution in [2.75, 3.05) is 13.6 Å². The van der Waals surface area contributed by atoms with E-state index >= 15 is 0 Å². The smallest absolute Gasteiger partial charge is 0.0618 e. The van der Waals surface area contributed by atoms with Crippen molar-refractivity contribution >= 4 is 10.9 Å². The van der Waals surface area contributed by atoms with Gasteiger partial charge in [0.2, 0.25) is 0 Å². The molecule has 0 radical (unpaired) electrons.